The van der Waals surface area contributed by atoms with Crippen molar-refractivity contribution < 1.29 is 13.6 Å². The van der Waals surface area contributed by atoms with Gasteiger partial charge in [-0.05, 0) is 24.3 Å². The van der Waals surface area contributed by atoms with Gasteiger partial charge < -0.3 is 0 Å². The third kappa shape index (κ3) is 3.61. The van der Waals surface area contributed by atoms with Crippen LogP contribution in [-0.4, -0.2) is 6.29 Å². The number of hydrogen-bond acceptors (Lipinski definition) is 1. The highest BCUT2D eigenvalue weighted by Gasteiger charge is 2.02. The van der Waals surface area contributed by atoms with Gasteiger partial charge in [0.05, 0.1) is 0 Å². The Hall–Kier alpha value is -2.03. The van der Waals surface area contributed by atoms with Crippen LogP contribution in [0.4, 0.5) is 8.78 Å². The van der Waals surface area contributed by atoms with Crippen LogP contribution in [0.3, 0.4) is 0 Å². The Labute approximate surface area is 92.4 Å². The van der Waals surface area contributed by atoms with Crippen LogP contribution in [0.5, 0.6) is 0 Å². The van der Waals surface area contributed by atoms with E-state index in [1.54, 1.807) is 12.2 Å². The molecule has 3 heteroatoms. The molecule has 0 radical (unpaired) electrons. The highest BCUT2D eigenvalue weighted by atomic mass is 19.1. The van der Waals surface area contributed by atoms with E-state index in [4.69, 9.17) is 0 Å². The van der Waals surface area contributed by atoms with Crippen LogP contribution in [0.1, 0.15) is 5.56 Å². The first-order valence-corrected chi connectivity index (χ1v) is 4.65. The van der Waals surface area contributed by atoms with Gasteiger partial charge in [-0.2, -0.15) is 0 Å². The summed E-state index contributed by atoms with van der Waals surface area (Å²) < 4.78 is 26.2. The Morgan fingerprint density at radius 1 is 0.875 bits per heavy atom. The van der Waals surface area contributed by atoms with E-state index in [0.717, 1.165) is 0 Å². The van der Waals surface area contributed by atoms with E-state index < -0.39 is 11.6 Å². The maximum Gasteiger partial charge on any atom is 0.142 e. The van der Waals surface area contributed by atoms with Crippen LogP contribution < -0.4 is 0 Å². The molecule has 0 N–H and O–H groups in total. The van der Waals surface area contributed by atoms with E-state index >= 15 is 0 Å². The van der Waals surface area contributed by atoms with Crippen LogP contribution in [0.15, 0.2) is 48.6 Å². The number of hydrogen-bond donors (Lipinski definition) is 0. The number of benzene rings is 1. The van der Waals surface area contributed by atoms with E-state index in [1.165, 1.54) is 42.5 Å². The van der Waals surface area contributed by atoms with Crippen LogP contribution in [0, 0.1) is 11.6 Å². The second-order valence-electron chi connectivity index (χ2n) is 2.90. The van der Waals surface area contributed by atoms with Gasteiger partial charge in [0, 0.05) is 5.56 Å². The Balaban J connectivity index is 2.73. The van der Waals surface area contributed by atoms with Gasteiger partial charge in [0.2, 0.25) is 0 Å². The molecule has 1 aromatic carbocycles. The molecule has 16 heavy (non-hydrogen) atoms. The zero-order chi connectivity index (χ0) is 11.8. The summed E-state index contributed by atoms with van der Waals surface area (Å²) in [5.41, 5.74) is -0.0773. The normalized spacial score (nSPS) is 11.9. The van der Waals surface area contributed by atoms with E-state index in [9.17, 15) is 13.6 Å². The third-order valence-corrected chi connectivity index (χ3v) is 1.79. The number of carbonyl (C=O) groups excluding carboxylic acids is 1. The Morgan fingerprint density at radius 2 is 1.44 bits per heavy atom. The standard InChI is InChI=1S/C13H10F2O/c14-12-8-6-9-13(15)11(12)7-4-2-1-3-5-10-16/h1-10H. The van der Waals surface area contributed by atoms with Gasteiger partial charge >= 0.3 is 0 Å². The molecule has 0 saturated carbocycles. The van der Waals surface area contributed by atoms with Crippen molar-refractivity contribution in [3.05, 3.63) is 65.8 Å². The van der Waals surface area contributed by atoms with E-state index in [0.29, 0.717) is 6.29 Å². The number of carbonyl (C=O) groups is 1. The molecular weight excluding hydrogens is 210 g/mol. The van der Waals surface area contributed by atoms with Gasteiger partial charge in [-0.1, -0.05) is 30.4 Å². The van der Waals surface area contributed by atoms with E-state index in [2.05, 4.69) is 0 Å². The van der Waals surface area contributed by atoms with Gasteiger partial charge in [-0.15, -0.1) is 0 Å². The zero-order valence-corrected chi connectivity index (χ0v) is 8.44. The highest BCUT2D eigenvalue weighted by Crippen LogP contribution is 2.13. The molecule has 0 bridgehead atoms. The van der Waals surface area contributed by atoms with Gasteiger partial charge in [0.25, 0.3) is 0 Å². The van der Waals surface area contributed by atoms with Crippen molar-refractivity contribution in [3.8, 4) is 0 Å². The van der Waals surface area contributed by atoms with Crippen molar-refractivity contribution in [2.24, 2.45) is 0 Å². The average molecular weight is 220 g/mol. The van der Waals surface area contributed by atoms with Crippen molar-refractivity contribution in [3.63, 3.8) is 0 Å². The molecule has 0 unspecified atom stereocenters. The lowest BCUT2D eigenvalue weighted by Gasteiger charge is -1.96. The number of aldehydes is 1. The first-order chi connectivity index (χ1) is 7.75. The van der Waals surface area contributed by atoms with Crippen molar-refractivity contribution in [1.29, 1.82) is 0 Å². The average Bonchev–Trinajstić information content (AvgIpc) is 2.26. The topological polar surface area (TPSA) is 17.1 Å². The molecule has 1 aromatic rings. The van der Waals surface area contributed by atoms with Gasteiger partial charge in [0.15, 0.2) is 0 Å². The van der Waals surface area contributed by atoms with Gasteiger partial charge in [-0.25, -0.2) is 8.78 Å². The molecule has 0 atom stereocenters. The molecule has 1 nitrogen and oxygen atoms in total. The molecule has 0 fully saturated rings. The summed E-state index contributed by atoms with van der Waals surface area (Å²) in [6.45, 7) is 0. The minimum atomic E-state index is -0.604. The maximum absolute atomic E-state index is 13.1. The Morgan fingerprint density at radius 3 is 2.06 bits per heavy atom. The SMILES string of the molecule is O=CC=CC=CC=Cc1c(F)cccc1F. The first-order valence-electron chi connectivity index (χ1n) is 4.65. The number of allylic oxidation sites excluding steroid dienone is 5. The minimum absolute atomic E-state index is 0.0773. The van der Waals surface area contributed by atoms with Crippen LogP contribution in [0.2, 0.25) is 0 Å². The predicted molar refractivity (Wildman–Crippen MR) is 59.7 cm³/mol. The zero-order valence-electron chi connectivity index (χ0n) is 8.44. The molecular formula is C13H10F2O. The van der Waals surface area contributed by atoms with Crippen molar-refractivity contribution in [2.45, 2.75) is 0 Å². The molecule has 0 aliphatic carbocycles. The van der Waals surface area contributed by atoms with Crippen LogP contribution in [-0.2, 0) is 4.79 Å². The molecule has 0 aliphatic heterocycles. The summed E-state index contributed by atoms with van der Waals surface area (Å²) in [4.78, 5) is 9.91. The molecule has 0 spiro atoms. The fourth-order valence-electron chi connectivity index (χ4n) is 1.06. The molecule has 82 valence electrons. The van der Waals surface area contributed by atoms with Crippen molar-refractivity contribution >= 4 is 12.4 Å². The minimum Gasteiger partial charge on any atom is -0.299 e. The van der Waals surface area contributed by atoms with E-state index in [1.807, 2.05) is 0 Å². The number of rotatable bonds is 4. The number of halogens is 2. The van der Waals surface area contributed by atoms with Gasteiger partial charge in [0.1, 0.15) is 17.9 Å². The lowest BCUT2D eigenvalue weighted by atomic mass is 10.2. The summed E-state index contributed by atoms with van der Waals surface area (Å²) in [5, 5.41) is 0. The Bertz CT molecular complexity index is 425. The molecule has 1 rings (SSSR count). The fraction of sp³-hybridized carbons (Fsp3) is 0. The molecule has 0 aromatic heterocycles. The van der Waals surface area contributed by atoms with E-state index in [-0.39, 0.29) is 5.56 Å². The highest BCUT2D eigenvalue weighted by molar-refractivity contribution is 5.65. The quantitative estimate of drug-likeness (QED) is 0.432. The Kier molecular flexibility index (Phi) is 4.86. The van der Waals surface area contributed by atoms with Gasteiger partial charge in [-0.3, -0.25) is 4.79 Å². The van der Waals surface area contributed by atoms with Crippen LogP contribution >= 0.6 is 0 Å². The summed E-state index contributed by atoms with van der Waals surface area (Å²) in [6, 6.07) is 3.70. The summed E-state index contributed by atoms with van der Waals surface area (Å²) in [6.07, 6.45) is 9.47. The predicted octanol–water partition coefficient (Wildman–Crippen LogP) is 3.29. The molecule has 0 saturated heterocycles. The van der Waals surface area contributed by atoms with Crippen LogP contribution in [0.25, 0.3) is 6.08 Å². The lowest BCUT2D eigenvalue weighted by Crippen LogP contribution is -1.86. The summed E-state index contributed by atoms with van der Waals surface area (Å²) >= 11 is 0. The summed E-state index contributed by atoms with van der Waals surface area (Å²) in [5.74, 6) is -1.21. The fourth-order valence-corrected chi connectivity index (χ4v) is 1.06. The summed E-state index contributed by atoms with van der Waals surface area (Å²) in [7, 11) is 0. The smallest absolute Gasteiger partial charge is 0.142 e. The monoisotopic (exact) mass is 220 g/mol. The van der Waals surface area contributed by atoms with Crippen molar-refractivity contribution in [1.82, 2.24) is 0 Å². The van der Waals surface area contributed by atoms with Crippen molar-refractivity contribution in [2.75, 3.05) is 0 Å². The third-order valence-electron chi connectivity index (χ3n) is 1.79. The largest absolute Gasteiger partial charge is 0.299 e. The molecule has 0 amide bonds. The second kappa shape index (κ2) is 6.45. The lowest BCUT2D eigenvalue weighted by molar-refractivity contribution is -0.104. The maximum atomic E-state index is 13.1. The first kappa shape index (κ1) is 12.0. The molecule has 0 aliphatic rings. The molecule has 0 heterocycles. The second-order valence-corrected chi connectivity index (χ2v) is 2.90.